The summed E-state index contributed by atoms with van der Waals surface area (Å²) >= 11 is 6.29. The predicted octanol–water partition coefficient (Wildman–Crippen LogP) is 4.86. The van der Waals surface area contributed by atoms with E-state index in [1.54, 1.807) is 18.2 Å². The van der Waals surface area contributed by atoms with Gasteiger partial charge in [-0.3, -0.25) is 19.3 Å². The molecule has 0 saturated carbocycles. The topological polar surface area (TPSA) is 94.1 Å². The van der Waals surface area contributed by atoms with Crippen molar-refractivity contribution >= 4 is 34.1 Å². The smallest absolute Gasteiger partial charge is 0.358 e. The Morgan fingerprint density at radius 2 is 1.85 bits per heavy atom. The van der Waals surface area contributed by atoms with E-state index in [1.807, 2.05) is 37.3 Å². The number of nitrogens with one attached hydrogen (secondary N) is 1. The van der Waals surface area contributed by atoms with E-state index in [0.717, 1.165) is 5.56 Å². The molecule has 2 aromatic heterocycles. The van der Waals surface area contributed by atoms with Crippen molar-refractivity contribution in [1.29, 1.82) is 0 Å². The van der Waals surface area contributed by atoms with Gasteiger partial charge in [0.05, 0.1) is 25.0 Å². The van der Waals surface area contributed by atoms with Crippen LogP contribution < -0.4 is 5.56 Å². The fourth-order valence-corrected chi connectivity index (χ4v) is 4.10. The Kier molecular flexibility index (Phi) is 6.42. The maximum absolute atomic E-state index is 13.6. The van der Waals surface area contributed by atoms with Gasteiger partial charge in [-0.25, -0.2) is 4.79 Å². The summed E-state index contributed by atoms with van der Waals surface area (Å²) in [5.74, 6) is -0.742. The Morgan fingerprint density at radius 3 is 2.55 bits per heavy atom. The van der Waals surface area contributed by atoms with Gasteiger partial charge in [-0.2, -0.15) is 5.10 Å². The number of H-pyrrole nitrogens is 1. The number of aromatic amines is 1. The molecule has 0 aliphatic heterocycles. The number of fused-ring (bicyclic) bond motifs is 1. The van der Waals surface area contributed by atoms with Crippen LogP contribution in [0, 0.1) is 0 Å². The van der Waals surface area contributed by atoms with E-state index in [2.05, 4.69) is 10.2 Å². The van der Waals surface area contributed by atoms with Crippen LogP contribution in [-0.2, 0) is 11.3 Å². The molecule has 7 nitrogen and oxygen atoms in total. The molecule has 4 rings (SSSR count). The van der Waals surface area contributed by atoms with Crippen LogP contribution in [0.4, 0.5) is 0 Å². The molecule has 0 bridgehead atoms. The zero-order valence-electron chi connectivity index (χ0n) is 18.2. The first-order valence-electron chi connectivity index (χ1n) is 10.5. The van der Waals surface area contributed by atoms with Crippen LogP contribution in [-0.4, -0.2) is 33.6 Å². The number of rotatable bonds is 7. The van der Waals surface area contributed by atoms with Gasteiger partial charge in [0, 0.05) is 22.4 Å². The van der Waals surface area contributed by atoms with E-state index in [4.69, 9.17) is 16.3 Å². The lowest BCUT2D eigenvalue weighted by Crippen LogP contribution is -2.28. The SMILES string of the molecule is CCCC(=O)c1c(-c2ccccc2)c2cc(Cl)ccc2c(=O)n1Cc1cc(C(=O)OC)n[nH]1. The number of methoxy groups -OCH3 is 1. The highest BCUT2D eigenvalue weighted by molar-refractivity contribution is 6.31. The summed E-state index contributed by atoms with van der Waals surface area (Å²) in [7, 11) is 1.27. The minimum Gasteiger partial charge on any atom is -0.464 e. The van der Waals surface area contributed by atoms with Gasteiger partial charge in [-0.1, -0.05) is 48.9 Å². The van der Waals surface area contributed by atoms with Crippen LogP contribution in [0.2, 0.25) is 5.02 Å². The number of ether oxygens (including phenoxy) is 1. The quantitative estimate of drug-likeness (QED) is 0.312. The molecule has 0 saturated heterocycles. The average Bonchev–Trinajstić information content (AvgIpc) is 3.29. The molecule has 0 atom stereocenters. The Labute approximate surface area is 195 Å². The number of hydrogen-bond donors (Lipinski definition) is 1. The number of esters is 1. The second-order valence-electron chi connectivity index (χ2n) is 7.61. The minimum absolute atomic E-state index is 0.0337. The lowest BCUT2D eigenvalue weighted by Gasteiger charge is -2.19. The largest absolute Gasteiger partial charge is 0.464 e. The van der Waals surface area contributed by atoms with Crippen molar-refractivity contribution in [3.8, 4) is 11.1 Å². The Balaban J connectivity index is 2.04. The third-order valence-electron chi connectivity index (χ3n) is 5.39. The first-order valence-corrected chi connectivity index (χ1v) is 10.9. The van der Waals surface area contributed by atoms with Gasteiger partial charge in [-0.05, 0) is 41.6 Å². The number of hydrogen-bond acceptors (Lipinski definition) is 5. The number of aromatic nitrogens is 3. The van der Waals surface area contributed by atoms with Gasteiger partial charge in [0.15, 0.2) is 11.5 Å². The predicted molar refractivity (Wildman–Crippen MR) is 127 cm³/mol. The van der Waals surface area contributed by atoms with E-state index in [-0.39, 0.29) is 30.0 Å². The molecule has 8 heteroatoms. The summed E-state index contributed by atoms with van der Waals surface area (Å²) in [5.41, 5.74) is 2.02. The number of carbonyl (C=O) groups excluding carboxylic acids is 2. The number of carbonyl (C=O) groups is 2. The fraction of sp³-hybridized carbons (Fsp3) is 0.200. The summed E-state index contributed by atoms with van der Waals surface area (Å²) < 4.78 is 6.16. The second kappa shape index (κ2) is 9.42. The summed E-state index contributed by atoms with van der Waals surface area (Å²) in [4.78, 5) is 38.8. The molecule has 4 aromatic rings. The summed E-state index contributed by atoms with van der Waals surface area (Å²) in [6, 6.07) is 16.0. The molecule has 2 heterocycles. The van der Waals surface area contributed by atoms with E-state index in [1.165, 1.54) is 17.7 Å². The monoisotopic (exact) mass is 463 g/mol. The Morgan fingerprint density at radius 1 is 1.09 bits per heavy atom. The van der Waals surface area contributed by atoms with Crippen molar-refractivity contribution in [1.82, 2.24) is 14.8 Å². The minimum atomic E-state index is -0.592. The molecule has 33 heavy (non-hydrogen) atoms. The maximum Gasteiger partial charge on any atom is 0.358 e. The van der Waals surface area contributed by atoms with Gasteiger partial charge in [0.25, 0.3) is 5.56 Å². The summed E-state index contributed by atoms with van der Waals surface area (Å²) in [6.07, 6.45) is 0.910. The van der Waals surface area contributed by atoms with Crippen molar-refractivity contribution in [2.45, 2.75) is 26.3 Å². The highest BCUT2D eigenvalue weighted by Gasteiger charge is 2.24. The van der Waals surface area contributed by atoms with Gasteiger partial charge >= 0.3 is 5.97 Å². The lowest BCUT2D eigenvalue weighted by atomic mass is 9.94. The van der Waals surface area contributed by atoms with E-state index in [9.17, 15) is 14.4 Å². The third kappa shape index (κ3) is 4.32. The first kappa shape index (κ1) is 22.5. The normalized spacial score (nSPS) is 11.0. The molecule has 168 valence electrons. The Bertz CT molecular complexity index is 1410. The molecule has 0 spiro atoms. The molecule has 0 radical (unpaired) electrons. The molecular formula is C25H22ClN3O4. The summed E-state index contributed by atoms with van der Waals surface area (Å²) in [6.45, 7) is 1.95. The number of Topliss-reactive ketones (excluding diaryl/α,β-unsaturated/α-hetero) is 1. The molecule has 0 fully saturated rings. The van der Waals surface area contributed by atoms with Gasteiger partial charge < -0.3 is 4.74 Å². The van der Waals surface area contributed by atoms with E-state index >= 15 is 0 Å². The van der Waals surface area contributed by atoms with Gasteiger partial charge in [0.2, 0.25) is 0 Å². The fourth-order valence-electron chi connectivity index (χ4n) is 3.92. The van der Waals surface area contributed by atoms with Crippen LogP contribution in [0.5, 0.6) is 0 Å². The highest BCUT2D eigenvalue weighted by atomic mass is 35.5. The van der Waals surface area contributed by atoms with Crippen molar-refractivity contribution in [2.24, 2.45) is 0 Å². The molecule has 0 aliphatic carbocycles. The lowest BCUT2D eigenvalue weighted by molar-refractivity contribution is 0.0594. The molecule has 1 N–H and O–H groups in total. The molecule has 0 unspecified atom stereocenters. The zero-order chi connectivity index (χ0) is 23.5. The van der Waals surface area contributed by atoms with Crippen LogP contribution in [0.3, 0.4) is 0 Å². The number of nitrogens with zero attached hydrogens (tertiary/aromatic N) is 2. The number of ketones is 1. The first-order chi connectivity index (χ1) is 15.9. The molecule has 0 aliphatic rings. The highest BCUT2D eigenvalue weighted by Crippen LogP contribution is 2.33. The average molecular weight is 464 g/mol. The molecule has 2 aromatic carbocycles. The standard InChI is InChI=1S/C25H22ClN3O4/c1-3-7-21(30)23-22(15-8-5-4-6-9-15)19-12-16(26)10-11-18(19)24(31)29(23)14-17-13-20(28-27-17)25(32)33-2/h4-6,8-13H,3,7,14H2,1-2H3,(H,27,28). The van der Waals surface area contributed by atoms with Crippen molar-refractivity contribution in [3.63, 3.8) is 0 Å². The van der Waals surface area contributed by atoms with Crippen LogP contribution in [0.1, 0.15) is 46.4 Å². The maximum atomic E-state index is 13.6. The molecular weight excluding hydrogens is 442 g/mol. The van der Waals surface area contributed by atoms with Crippen LogP contribution >= 0.6 is 11.6 Å². The van der Waals surface area contributed by atoms with Gasteiger partial charge in [0.1, 0.15) is 0 Å². The van der Waals surface area contributed by atoms with Crippen molar-refractivity contribution < 1.29 is 14.3 Å². The van der Waals surface area contributed by atoms with E-state index < -0.39 is 5.97 Å². The van der Waals surface area contributed by atoms with E-state index in [0.29, 0.717) is 39.2 Å². The van der Waals surface area contributed by atoms with Crippen LogP contribution in [0.15, 0.2) is 59.4 Å². The summed E-state index contributed by atoms with van der Waals surface area (Å²) in [5, 5.41) is 8.27. The number of benzene rings is 2. The molecule has 0 amide bonds. The third-order valence-corrected chi connectivity index (χ3v) is 5.63. The number of halogens is 1. The zero-order valence-corrected chi connectivity index (χ0v) is 19.0. The second-order valence-corrected chi connectivity index (χ2v) is 8.05. The van der Waals surface area contributed by atoms with Crippen molar-refractivity contribution in [2.75, 3.05) is 7.11 Å². The van der Waals surface area contributed by atoms with Crippen molar-refractivity contribution in [3.05, 3.63) is 87.1 Å². The van der Waals surface area contributed by atoms with Crippen LogP contribution in [0.25, 0.3) is 21.9 Å². The number of pyridine rings is 1. The van der Waals surface area contributed by atoms with Gasteiger partial charge in [-0.15, -0.1) is 0 Å². The Hall–Kier alpha value is -3.71.